The number of carbonyl (C=O) groups excluding carboxylic acids is 1. The van der Waals surface area contributed by atoms with Crippen LogP contribution in [0.15, 0.2) is 36.4 Å². The molecule has 3 aliphatic rings. The summed E-state index contributed by atoms with van der Waals surface area (Å²) in [6.45, 7) is 6.51. The van der Waals surface area contributed by atoms with Crippen LogP contribution in [0, 0.1) is 5.82 Å². The van der Waals surface area contributed by atoms with Crippen LogP contribution in [0.5, 0.6) is 0 Å². The first-order valence-electron chi connectivity index (χ1n) is 12.3. The molecule has 2 aliphatic heterocycles. The maximum atomic E-state index is 14.2. The van der Waals surface area contributed by atoms with Gasteiger partial charge in [-0.05, 0) is 68.0 Å². The highest BCUT2D eigenvalue weighted by Crippen LogP contribution is 2.57. The Kier molecular flexibility index (Phi) is 6.03. The van der Waals surface area contributed by atoms with Crippen molar-refractivity contribution in [3.63, 3.8) is 0 Å². The number of carbonyl (C=O) groups is 1. The average Bonchev–Trinajstić information content (AvgIpc) is 3.55. The summed E-state index contributed by atoms with van der Waals surface area (Å²) in [5.74, 6) is 0.568. The molecule has 0 atom stereocenters. The maximum absolute atomic E-state index is 14.2. The van der Waals surface area contributed by atoms with E-state index in [1.807, 2.05) is 30.1 Å². The van der Waals surface area contributed by atoms with Gasteiger partial charge in [-0.3, -0.25) is 4.79 Å². The minimum Gasteiger partial charge on any atom is -0.326 e. The van der Waals surface area contributed by atoms with E-state index >= 15 is 0 Å². The zero-order valence-electron chi connectivity index (χ0n) is 19.8. The number of hydrogen-bond donors (Lipinski definition) is 0. The predicted molar refractivity (Wildman–Crippen MR) is 139 cm³/mol. The Morgan fingerprint density at radius 1 is 1.09 bits per heavy atom. The molecule has 3 aromatic rings. The summed E-state index contributed by atoms with van der Waals surface area (Å²) in [6, 6.07) is 10.5. The molecule has 1 saturated carbocycles. The largest absolute Gasteiger partial charge is 0.326 e. The Hall–Kier alpha value is -2.13. The molecule has 1 amide bonds. The van der Waals surface area contributed by atoms with Gasteiger partial charge in [-0.2, -0.15) is 0 Å². The van der Waals surface area contributed by atoms with E-state index < -0.39 is 5.41 Å². The monoisotopic (exact) mass is 513 g/mol. The summed E-state index contributed by atoms with van der Waals surface area (Å²) in [6.07, 6.45) is 4.79. The lowest BCUT2D eigenvalue weighted by molar-refractivity contribution is -0.120. The number of imidazole rings is 1. The van der Waals surface area contributed by atoms with Gasteiger partial charge in [0.1, 0.15) is 11.6 Å². The Morgan fingerprint density at radius 2 is 1.89 bits per heavy atom. The van der Waals surface area contributed by atoms with Crippen LogP contribution in [-0.4, -0.2) is 63.6 Å². The lowest BCUT2D eigenvalue weighted by Gasteiger charge is -2.33. The number of piperazine rings is 1. The van der Waals surface area contributed by atoms with Crippen LogP contribution in [0.2, 0.25) is 5.02 Å². The number of aryl methyl sites for hydroxylation is 1. The fourth-order valence-corrected chi connectivity index (χ4v) is 6.33. The minimum absolute atomic E-state index is 0.0707. The second-order valence-corrected chi connectivity index (χ2v) is 11.1. The van der Waals surface area contributed by atoms with E-state index in [1.54, 1.807) is 11.0 Å². The summed E-state index contributed by atoms with van der Waals surface area (Å²) in [5, 5.41) is 0.641. The standard InChI is InChI=1S/C26H29ClFN5OS/c1-35-31-13-11-30(12-14-31)9-2-10-32-22-6-3-18(27)15-21(22)29-24(32)17-33-23-16-19(28)4-5-20(23)26(7-8-26)25(33)34/h3-6,15-16H,2,7-14,17H2,1H3. The molecular weight excluding hydrogens is 485 g/mol. The first-order chi connectivity index (χ1) is 17.0. The molecule has 0 radical (unpaired) electrons. The fraction of sp³-hybridized carbons (Fsp3) is 0.462. The molecule has 1 saturated heterocycles. The molecule has 6 nitrogen and oxygen atoms in total. The molecule has 1 spiro atoms. The van der Waals surface area contributed by atoms with Crippen molar-refractivity contribution in [1.82, 2.24) is 18.8 Å². The van der Waals surface area contributed by atoms with E-state index in [0.29, 0.717) is 17.3 Å². The number of halogens is 2. The second-order valence-electron chi connectivity index (χ2n) is 9.75. The zero-order chi connectivity index (χ0) is 24.2. The van der Waals surface area contributed by atoms with Crippen LogP contribution < -0.4 is 4.90 Å². The fourth-order valence-electron chi connectivity index (χ4n) is 5.63. The van der Waals surface area contributed by atoms with Crippen molar-refractivity contribution in [2.24, 2.45) is 0 Å². The molecule has 2 fully saturated rings. The van der Waals surface area contributed by atoms with E-state index in [-0.39, 0.29) is 11.7 Å². The molecule has 6 rings (SSSR count). The number of nitrogens with zero attached hydrogens (tertiary/aromatic N) is 5. The summed E-state index contributed by atoms with van der Waals surface area (Å²) in [7, 11) is 0. The van der Waals surface area contributed by atoms with Crippen LogP contribution in [0.1, 0.15) is 30.7 Å². The van der Waals surface area contributed by atoms with E-state index in [9.17, 15) is 9.18 Å². The number of aromatic nitrogens is 2. The van der Waals surface area contributed by atoms with Crippen LogP contribution in [0.4, 0.5) is 10.1 Å². The Labute approximate surface area is 214 Å². The van der Waals surface area contributed by atoms with Crippen LogP contribution >= 0.6 is 23.5 Å². The molecule has 35 heavy (non-hydrogen) atoms. The van der Waals surface area contributed by atoms with Gasteiger partial charge in [-0.25, -0.2) is 13.7 Å². The maximum Gasteiger partial charge on any atom is 0.238 e. The van der Waals surface area contributed by atoms with Gasteiger partial charge < -0.3 is 14.4 Å². The van der Waals surface area contributed by atoms with Crippen LogP contribution in [-0.2, 0) is 23.3 Å². The highest BCUT2D eigenvalue weighted by atomic mass is 35.5. The number of fused-ring (bicyclic) bond motifs is 3. The second kappa shape index (κ2) is 9.07. The summed E-state index contributed by atoms with van der Waals surface area (Å²) in [5.41, 5.74) is 3.04. The van der Waals surface area contributed by atoms with E-state index in [2.05, 4.69) is 20.0 Å². The summed E-state index contributed by atoms with van der Waals surface area (Å²) in [4.78, 5) is 22.6. The third kappa shape index (κ3) is 4.14. The molecule has 0 unspecified atom stereocenters. The van der Waals surface area contributed by atoms with Crippen molar-refractivity contribution in [2.45, 2.75) is 37.8 Å². The van der Waals surface area contributed by atoms with Gasteiger partial charge in [-0.15, -0.1) is 0 Å². The van der Waals surface area contributed by atoms with Gasteiger partial charge in [-0.1, -0.05) is 29.6 Å². The molecule has 9 heteroatoms. The topological polar surface area (TPSA) is 44.6 Å². The molecule has 0 bridgehead atoms. The van der Waals surface area contributed by atoms with Gasteiger partial charge in [0.2, 0.25) is 5.91 Å². The smallest absolute Gasteiger partial charge is 0.238 e. The van der Waals surface area contributed by atoms with Gasteiger partial charge in [0.25, 0.3) is 0 Å². The van der Waals surface area contributed by atoms with Crippen LogP contribution in [0.25, 0.3) is 11.0 Å². The minimum atomic E-state index is -0.456. The highest BCUT2D eigenvalue weighted by molar-refractivity contribution is 7.96. The molecule has 1 aliphatic carbocycles. The molecule has 184 valence electrons. The van der Waals surface area contributed by atoms with Crippen molar-refractivity contribution in [3.05, 3.63) is 58.6 Å². The molecule has 3 heterocycles. The third-order valence-corrected chi connectivity index (χ3v) is 8.82. The highest BCUT2D eigenvalue weighted by Gasteiger charge is 2.59. The lowest BCUT2D eigenvalue weighted by atomic mass is 9.98. The van der Waals surface area contributed by atoms with Gasteiger partial charge in [0.15, 0.2) is 0 Å². The van der Waals surface area contributed by atoms with Crippen molar-refractivity contribution in [3.8, 4) is 0 Å². The average molecular weight is 514 g/mol. The van der Waals surface area contributed by atoms with E-state index in [0.717, 1.165) is 81.0 Å². The van der Waals surface area contributed by atoms with Crippen molar-refractivity contribution >= 4 is 46.2 Å². The van der Waals surface area contributed by atoms with Crippen LogP contribution in [0.3, 0.4) is 0 Å². The van der Waals surface area contributed by atoms with Gasteiger partial charge in [0.05, 0.1) is 28.7 Å². The van der Waals surface area contributed by atoms with Gasteiger partial charge in [0, 0.05) is 37.7 Å². The van der Waals surface area contributed by atoms with E-state index in [4.69, 9.17) is 16.6 Å². The third-order valence-electron chi connectivity index (χ3n) is 7.71. The number of rotatable bonds is 7. The number of anilines is 1. The quantitative estimate of drug-likeness (QED) is 0.429. The summed E-state index contributed by atoms with van der Waals surface area (Å²) < 4.78 is 18.8. The first kappa shape index (κ1) is 23.3. The number of hydrogen-bond acceptors (Lipinski definition) is 5. The van der Waals surface area contributed by atoms with Crippen molar-refractivity contribution in [1.29, 1.82) is 0 Å². The first-order valence-corrected chi connectivity index (χ1v) is 13.8. The summed E-state index contributed by atoms with van der Waals surface area (Å²) >= 11 is 8.08. The molecule has 1 aromatic heterocycles. The Bertz CT molecular complexity index is 1280. The molecule has 0 N–H and O–H groups in total. The number of amides is 1. The normalized spacial score (nSPS) is 19.7. The molecular formula is C26H29ClFN5OS. The zero-order valence-corrected chi connectivity index (χ0v) is 21.4. The van der Waals surface area contributed by atoms with Crippen molar-refractivity contribution in [2.75, 3.05) is 43.9 Å². The predicted octanol–water partition coefficient (Wildman–Crippen LogP) is 4.69. The lowest BCUT2D eigenvalue weighted by Crippen LogP contribution is -2.43. The Balaban J connectivity index is 1.26. The molecule has 2 aromatic carbocycles. The number of benzene rings is 2. The Morgan fingerprint density at radius 3 is 2.63 bits per heavy atom. The van der Waals surface area contributed by atoms with Crippen molar-refractivity contribution < 1.29 is 9.18 Å². The SMILES string of the molecule is CSN1CCN(CCCn2c(CN3C(=O)C4(CC4)c4ccc(F)cc43)nc3cc(Cl)ccc32)CC1. The van der Waals surface area contributed by atoms with E-state index in [1.165, 1.54) is 12.1 Å². The van der Waals surface area contributed by atoms with Gasteiger partial charge >= 0.3 is 0 Å².